The molecule has 0 saturated heterocycles. The van der Waals surface area contributed by atoms with Crippen molar-refractivity contribution in [2.45, 2.75) is 0 Å². The highest BCUT2D eigenvalue weighted by Gasteiger charge is 2.20. The largest absolute Gasteiger partial charge is 0.455 e. The second-order valence-electron chi connectivity index (χ2n) is 7.71. The Morgan fingerprint density at radius 2 is 1.32 bits per heavy atom. The number of hydrogen-bond donors (Lipinski definition) is 0. The van der Waals surface area contributed by atoms with Gasteiger partial charge in [-0.05, 0) is 36.4 Å². The quantitative estimate of drug-likeness (QED) is 0.245. The number of nitrogens with zero attached hydrogens (tertiary/aromatic N) is 1. The van der Waals surface area contributed by atoms with Crippen LogP contribution in [0.1, 0.15) is 0 Å². The summed E-state index contributed by atoms with van der Waals surface area (Å²) in [5.74, 6) is 0. The van der Waals surface area contributed by atoms with Crippen LogP contribution in [0.4, 0.5) is 0 Å². The van der Waals surface area contributed by atoms with Crippen LogP contribution < -0.4 is 0 Å². The summed E-state index contributed by atoms with van der Waals surface area (Å²) in [6.45, 7) is 0. The van der Waals surface area contributed by atoms with Crippen molar-refractivity contribution in [3.63, 3.8) is 0 Å². The molecule has 3 aromatic heterocycles. The summed E-state index contributed by atoms with van der Waals surface area (Å²) < 4.78 is 13.7. The minimum Gasteiger partial charge on any atom is -0.455 e. The SMILES string of the molecule is Brc1cccc(-c2nc3c(ccc4c5ccccc5oc43)c3oc4ccccc4c23)c1. The topological polar surface area (TPSA) is 39.2 Å². The molecule has 0 unspecified atom stereocenters. The number of furan rings is 2. The van der Waals surface area contributed by atoms with Crippen molar-refractivity contribution in [2.75, 3.05) is 0 Å². The van der Waals surface area contributed by atoms with Gasteiger partial charge in [0, 0.05) is 31.6 Å². The average molecular weight is 464 g/mol. The van der Waals surface area contributed by atoms with Gasteiger partial charge in [-0.2, -0.15) is 0 Å². The summed E-state index contributed by atoms with van der Waals surface area (Å²) in [6, 6.07) is 28.7. The fourth-order valence-corrected chi connectivity index (χ4v) is 4.95. The van der Waals surface area contributed by atoms with Gasteiger partial charge in [0.15, 0.2) is 5.58 Å². The van der Waals surface area contributed by atoms with Crippen LogP contribution >= 0.6 is 15.9 Å². The van der Waals surface area contributed by atoms with Gasteiger partial charge >= 0.3 is 0 Å². The monoisotopic (exact) mass is 463 g/mol. The van der Waals surface area contributed by atoms with Crippen LogP contribution in [0, 0.1) is 0 Å². The first-order valence-corrected chi connectivity index (χ1v) is 10.9. The van der Waals surface area contributed by atoms with Gasteiger partial charge in [-0.25, -0.2) is 4.98 Å². The van der Waals surface area contributed by atoms with E-state index in [1.165, 1.54) is 0 Å². The smallest absolute Gasteiger partial charge is 0.161 e. The van der Waals surface area contributed by atoms with E-state index in [1.54, 1.807) is 0 Å². The summed E-state index contributed by atoms with van der Waals surface area (Å²) in [5, 5.41) is 5.20. The van der Waals surface area contributed by atoms with Gasteiger partial charge in [-0.15, -0.1) is 0 Å². The van der Waals surface area contributed by atoms with Gasteiger partial charge in [0.1, 0.15) is 22.3 Å². The molecule has 4 aromatic carbocycles. The van der Waals surface area contributed by atoms with Crippen LogP contribution in [0.2, 0.25) is 0 Å². The molecule has 0 aliphatic rings. The Bertz CT molecular complexity index is 1810. The Kier molecular flexibility index (Phi) is 3.41. The van der Waals surface area contributed by atoms with E-state index in [0.717, 1.165) is 70.5 Å². The summed E-state index contributed by atoms with van der Waals surface area (Å²) in [7, 11) is 0. The molecule has 3 nitrogen and oxygen atoms in total. The van der Waals surface area contributed by atoms with E-state index >= 15 is 0 Å². The predicted molar refractivity (Wildman–Crippen MR) is 129 cm³/mol. The lowest BCUT2D eigenvalue weighted by Gasteiger charge is -2.07. The number of aromatic nitrogens is 1. The molecule has 3 heterocycles. The highest BCUT2D eigenvalue weighted by molar-refractivity contribution is 9.10. The third-order valence-corrected chi connectivity index (χ3v) is 6.41. The minimum absolute atomic E-state index is 0.789. The average Bonchev–Trinajstić information content (AvgIpc) is 3.37. The molecular weight excluding hydrogens is 450 g/mol. The Morgan fingerprint density at radius 3 is 2.16 bits per heavy atom. The van der Waals surface area contributed by atoms with Crippen LogP contribution in [-0.2, 0) is 0 Å². The lowest BCUT2D eigenvalue weighted by atomic mass is 10.0. The number of rotatable bonds is 1. The van der Waals surface area contributed by atoms with Crippen LogP contribution in [0.5, 0.6) is 0 Å². The third-order valence-electron chi connectivity index (χ3n) is 5.92. The first kappa shape index (κ1) is 17.1. The maximum atomic E-state index is 6.39. The zero-order chi connectivity index (χ0) is 20.5. The Labute approximate surface area is 185 Å². The molecule has 31 heavy (non-hydrogen) atoms. The second kappa shape index (κ2) is 6.19. The van der Waals surface area contributed by atoms with Crippen LogP contribution in [0.25, 0.3) is 66.0 Å². The van der Waals surface area contributed by atoms with E-state index in [9.17, 15) is 0 Å². The third kappa shape index (κ3) is 2.37. The highest BCUT2D eigenvalue weighted by Crippen LogP contribution is 2.42. The zero-order valence-corrected chi connectivity index (χ0v) is 17.8. The maximum absolute atomic E-state index is 6.39. The van der Waals surface area contributed by atoms with Gasteiger partial charge in [0.2, 0.25) is 0 Å². The van der Waals surface area contributed by atoms with E-state index in [0.29, 0.717) is 0 Å². The standard InChI is InChI=1S/C27H14BrNO2/c28-16-7-5-6-15(14-16)24-23-19-9-2-4-11-22(19)30-26(23)20-13-12-18-17-8-1-3-10-21(17)31-27(18)25(20)29-24/h1-14H. The Hall–Kier alpha value is -3.63. The molecular formula is C27H14BrNO2. The molecule has 0 N–H and O–H groups in total. The van der Waals surface area contributed by atoms with Gasteiger partial charge in [-0.3, -0.25) is 0 Å². The van der Waals surface area contributed by atoms with Crippen LogP contribution in [0.15, 0.2) is 98.2 Å². The van der Waals surface area contributed by atoms with E-state index in [4.69, 9.17) is 13.8 Å². The lowest BCUT2D eigenvalue weighted by molar-refractivity contribution is 0.668. The maximum Gasteiger partial charge on any atom is 0.161 e. The molecule has 0 atom stereocenters. The fourth-order valence-electron chi connectivity index (χ4n) is 4.55. The Morgan fingerprint density at radius 1 is 0.613 bits per heavy atom. The van der Waals surface area contributed by atoms with E-state index in [-0.39, 0.29) is 0 Å². The summed E-state index contributed by atoms with van der Waals surface area (Å²) >= 11 is 3.61. The molecule has 0 bridgehead atoms. The summed E-state index contributed by atoms with van der Waals surface area (Å²) in [5.41, 5.74) is 6.08. The molecule has 0 radical (unpaired) electrons. The summed E-state index contributed by atoms with van der Waals surface area (Å²) in [6.07, 6.45) is 0. The first-order valence-electron chi connectivity index (χ1n) is 10.1. The molecule has 7 rings (SSSR count). The zero-order valence-electron chi connectivity index (χ0n) is 16.2. The molecule has 0 saturated carbocycles. The number of hydrogen-bond acceptors (Lipinski definition) is 3. The molecule has 146 valence electrons. The van der Waals surface area contributed by atoms with Crippen molar-refractivity contribution in [1.29, 1.82) is 0 Å². The number of halogens is 1. The number of benzene rings is 4. The van der Waals surface area contributed by atoms with Gasteiger partial charge in [0.05, 0.1) is 11.1 Å². The van der Waals surface area contributed by atoms with Crippen molar-refractivity contribution in [3.05, 3.63) is 89.4 Å². The lowest BCUT2D eigenvalue weighted by Crippen LogP contribution is -1.89. The highest BCUT2D eigenvalue weighted by atomic mass is 79.9. The number of pyridine rings is 1. The van der Waals surface area contributed by atoms with Crippen LogP contribution in [0.3, 0.4) is 0 Å². The van der Waals surface area contributed by atoms with E-state index < -0.39 is 0 Å². The molecule has 0 fully saturated rings. The Balaban J connectivity index is 1.74. The molecule has 0 amide bonds. The van der Waals surface area contributed by atoms with E-state index in [2.05, 4.69) is 52.3 Å². The molecule has 0 aliphatic heterocycles. The van der Waals surface area contributed by atoms with Gasteiger partial charge in [-0.1, -0.05) is 64.5 Å². The van der Waals surface area contributed by atoms with E-state index in [1.807, 2.05) is 48.5 Å². The normalized spacial score (nSPS) is 12.0. The minimum atomic E-state index is 0.789. The molecule has 0 spiro atoms. The van der Waals surface area contributed by atoms with Crippen molar-refractivity contribution in [1.82, 2.24) is 4.98 Å². The molecule has 0 aliphatic carbocycles. The van der Waals surface area contributed by atoms with Gasteiger partial charge < -0.3 is 8.83 Å². The fraction of sp³-hybridized carbons (Fsp3) is 0. The van der Waals surface area contributed by atoms with Crippen molar-refractivity contribution in [2.24, 2.45) is 0 Å². The van der Waals surface area contributed by atoms with Crippen molar-refractivity contribution in [3.8, 4) is 11.3 Å². The number of fused-ring (bicyclic) bond motifs is 9. The van der Waals surface area contributed by atoms with Crippen molar-refractivity contribution >= 4 is 70.7 Å². The van der Waals surface area contributed by atoms with Crippen LogP contribution in [-0.4, -0.2) is 4.98 Å². The van der Waals surface area contributed by atoms with Crippen molar-refractivity contribution < 1.29 is 8.83 Å². The molecule has 7 aromatic rings. The predicted octanol–water partition coefficient (Wildman–Crippen LogP) is 8.46. The second-order valence-corrected chi connectivity index (χ2v) is 8.63. The summed E-state index contributed by atoms with van der Waals surface area (Å²) in [4.78, 5) is 5.19. The first-order chi connectivity index (χ1) is 15.3. The molecule has 4 heteroatoms. The number of para-hydroxylation sites is 2. The van der Waals surface area contributed by atoms with Gasteiger partial charge in [0.25, 0.3) is 0 Å².